The molecule has 38 heavy (non-hydrogen) atoms. The van der Waals surface area contributed by atoms with Gasteiger partial charge in [0.25, 0.3) is 0 Å². The molecule has 5 nitrogen and oxygen atoms in total. The zero-order valence-corrected chi connectivity index (χ0v) is 22.7. The smallest absolute Gasteiger partial charge is 0.237 e. The molecule has 1 aliphatic heterocycles. The van der Waals surface area contributed by atoms with Gasteiger partial charge in [-0.2, -0.15) is 0 Å². The molecule has 1 aliphatic rings. The van der Waals surface area contributed by atoms with E-state index in [0.29, 0.717) is 12.2 Å². The van der Waals surface area contributed by atoms with E-state index in [1.54, 1.807) is 0 Å². The minimum atomic E-state index is 0.0956. The first-order chi connectivity index (χ1) is 18.5. The molecule has 0 saturated heterocycles. The second-order valence-electron chi connectivity index (χ2n) is 10.1. The number of carbonyl (C=O) groups excluding carboxylic acids is 1. The van der Waals surface area contributed by atoms with Crippen LogP contribution in [-0.2, 0) is 17.6 Å². The molecule has 190 valence electrons. The van der Waals surface area contributed by atoms with E-state index in [0.717, 1.165) is 34.3 Å². The van der Waals surface area contributed by atoms with Crippen molar-refractivity contribution in [2.45, 2.75) is 44.8 Å². The summed E-state index contributed by atoms with van der Waals surface area (Å²) in [4.78, 5) is 15.4. The number of fused-ring (bicyclic) bond motifs is 2. The molecule has 0 fully saturated rings. The summed E-state index contributed by atoms with van der Waals surface area (Å²) in [5, 5.41) is 12.4. The first-order valence-corrected chi connectivity index (χ1v) is 14.0. The Morgan fingerprint density at radius 1 is 0.921 bits per heavy atom. The van der Waals surface area contributed by atoms with Crippen LogP contribution in [0.15, 0.2) is 90.1 Å². The largest absolute Gasteiger partial charge is 0.308 e. The number of thioether (sulfide) groups is 1. The van der Waals surface area contributed by atoms with Crippen LogP contribution in [0.1, 0.15) is 35.0 Å². The molecule has 1 amide bonds. The number of anilines is 1. The summed E-state index contributed by atoms with van der Waals surface area (Å²) in [6, 6.07) is 29.6. The van der Waals surface area contributed by atoms with E-state index in [9.17, 15) is 4.79 Å². The van der Waals surface area contributed by atoms with Gasteiger partial charge >= 0.3 is 0 Å². The normalized spacial score (nSPS) is 14.7. The summed E-state index contributed by atoms with van der Waals surface area (Å²) in [6.45, 7) is 6.33. The van der Waals surface area contributed by atoms with Gasteiger partial charge in [-0.3, -0.25) is 9.36 Å². The van der Waals surface area contributed by atoms with Gasteiger partial charge in [0.1, 0.15) is 5.82 Å². The Labute approximate surface area is 227 Å². The minimum Gasteiger partial charge on any atom is -0.308 e. The van der Waals surface area contributed by atoms with Crippen LogP contribution in [0, 0.1) is 13.8 Å². The van der Waals surface area contributed by atoms with Crippen LogP contribution in [-0.4, -0.2) is 32.5 Å². The summed E-state index contributed by atoms with van der Waals surface area (Å²) in [5.41, 5.74) is 6.87. The van der Waals surface area contributed by atoms with E-state index in [1.165, 1.54) is 39.2 Å². The third-order valence-electron chi connectivity index (χ3n) is 7.32. The van der Waals surface area contributed by atoms with Crippen LogP contribution in [0.3, 0.4) is 0 Å². The molecule has 1 aromatic heterocycles. The minimum absolute atomic E-state index is 0.0956. The summed E-state index contributed by atoms with van der Waals surface area (Å²) in [5.74, 6) is 1.26. The number of para-hydroxylation sites is 1. The maximum atomic E-state index is 13.4. The maximum Gasteiger partial charge on any atom is 0.237 e. The lowest BCUT2D eigenvalue weighted by Crippen LogP contribution is -2.37. The topological polar surface area (TPSA) is 51.0 Å². The number of aromatic nitrogens is 3. The molecule has 0 spiro atoms. The molecule has 0 aliphatic carbocycles. The third kappa shape index (κ3) is 4.50. The number of carbonyl (C=O) groups is 1. The lowest BCUT2D eigenvalue weighted by molar-refractivity contribution is -0.116. The van der Waals surface area contributed by atoms with Crippen molar-refractivity contribution in [3.63, 3.8) is 0 Å². The number of amides is 1. The fourth-order valence-electron chi connectivity index (χ4n) is 5.56. The van der Waals surface area contributed by atoms with E-state index < -0.39 is 0 Å². The Kier molecular flexibility index (Phi) is 6.50. The van der Waals surface area contributed by atoms with E-state index >= 15 is 0 Å². The Morgan fingerprint density at radius 2 is 1.71 bits per heavy atom. The predicted octanol–water partition coefficient (Wildman–Crippen LogP) is 6.70. The van der Waals surface area contributed by atoms with E-state index in [1.807, 2.05) is 23.1 Å². The highest BCUT2D eigenvalue weighted by molar-refractivity contribution is 7.99. The molecule has 1 atom stereocenters. The highest BCUT2D eigenvalue weighted by Gasteiger charge is 2.31. The molecular formula is C32H30N4OS. The third-order valence-corrected chi connectivity index (χ3v) is 8.24. The lowest BCUT2D eigenvalue weighted by Gasteiger charge is -2.22. The summed E-state index contributed by atoms with van der Waals surface area (Å²) in [6.07, 6.45) is 1.53. The van der Waals surface area contributed by atoms with Crippen LogP contribution in [0.2, 0.25) is 0 Å². The zero-order chi connectivity index (χ0) is 26.2. The average Bonchev–Trinajstić information content (AvgIpc) is 3.47. The molecule has 6 rings (SSSR count). The first-order valence-electron chi connectivity index (χ1n) is 13.0. The van der Waals surface area contributed by atoms with Gasteiger partial charge in [-0.25, -0.2) is 0 Å². The van der Waals surface area contributed by atoms with Crippen molar-refractivity contribution in [3.05, 3.63) is 113 Å². The average molecular weight is 519 g/mol. The number of rotatable bonds is 6. The van der Waals surface area contributed by atoms with Gasteiger partial charge in [-0.05, 0) is 66.8 Å². The molecule has 5 aromatic rings. The van der Waals surface area contributed by atoms with Crippen molar-refractivity contribution in [1.29, 1.82) is 0 Å². The summed E-state index contributed by atoms with van der Waals surface area (Å²) in [7, 11) is 0. The van der Waals surface area contributed by atoms with Crippen LogP contribution >= 0.6 is 11.8 Å². The van der Waals surface area contributed by atoms with Crippen molar-refractivity contribution < 1.29 is 4.79 Å². The number of hydrogen-bond donors (Lipinski definition) is 0. The van der Waals surface area contributed by atoms with E-state index in [-0.39, 0.29) is 11.9 Å². The van der Waals surface area contributed by atoms with Crippen molar-refractivity contribution in [3.8, 4) is 5.69 Å². The van der Waals surface area contributed by atoms with Crippen LogP contribution in [0.4, 0.5) is 5.69 Å². The van der Waals surface area contributed by atoms with Gasteiger partial charge in [-0.1, -0.05) is 90.1 Å². The molecule has 6 heteroatoms. The Morgan fingerprint density at radius 3 is 2.58 bits per heavy atom. The predicted molar refractivity (Wildman–Crippen MR) is 155 cm³/mol. The van der Waals surface area contributed by atoms with Crippen molar-refractivity contribution in [1.82, 2.24) is 14.8 Å². The van der Waals surface area contributed by atoms with Crippen molar-refractivity contribution in [2.75, 3.05) is 10.7 Å². The van der Waals surface area contributed by atoms with Gasteiger partial charge in [0.05, 0.1) is 11.4 Å². The van der Waals surface area contributed by atoms with Gasteiger partial charge < -0.3 is 4.90 Å². The Hall–Kier alpha value is -3.90. The van der Waals surface area contributed by atoms with Crippen LogP contribution < -0.4 is 4.90 Å². The molecule has 0 N–H and O–H groups in total. The van der Waals surface area contributed by atoms with Crippen LogP contribution in [0.5, 0.6) is 0 Å². The highest BCUT2D eigenvalue weighted by atomic mass is 32.2. The number of benzene rings is 4. The standard InChI is InChI=1S/C32H30N4OS/c1-21-15-16-28(22(2)17-21)36-30(19-25-12-8-11-24-9-4-6-13-27(24)25)33-34-32(36)38-20-31(37)35-23(3)18-26-10-5-7-14-29(26)35/h4-17,23H,18-20H2,1-3H3/t23-/m1/s1. The molecule has 0 bridgehead atoms. The van der Waals surface area contributed by atoms with Crippen molar-refractivity contribution in [2.24, 2.45) is 0 Å². The van der Waals surface area contributed by atoms with Gasteiger partial charge in [0.15, 0.2) is 5.16 Å². The monoisotopic (exact) mass is 518 g/mol. The molecule has 0 saturated carbocycles. The summed E-state index contributed by atoms with van der Waals surface area (Å²) >= 11 is 1.46. The Balaban J connectivity index is 1.34. The quantitative estimate of drug-likeness (QED) is 0.235. The molecule has 0 unspecified atom stereocenters. The molecule has 2 heterocycles. The zero-order valence-electron chi connectivity index (χ0n) is 21.9. The van der Waals surface area contributed by atoms with Gasteiger partial charge in [0, 0.05) is 18.2 Å². The number of hydrogen-bond acceptors (Lipinski definition) is 4. The van der Waals surface area contributed by atoms with Crippen LogP contribution in [0.25, 0.3) is 16.5 Å². The number of nitrogens with zero attached hydrogens (tertiary/aromatic N) is 4. The van der Waals surface area contributed by atoms with Gasteiger partial charge in [-0.15, -0.1) is 10.2 Å². The first kappa shape index (κ1) is 24.4. The van der Waals surface area contributed by atoms with E-state index in [4.69, 9.17) is 0 Å². The molecular weight excluding hydrogens is 488 g/mol. The van der Waals surface area contributed by atoms with E-state index in [2.05, 4.69) is 102 Å². The number of aryl methyl sites for hydroxylation is 2. The fraction of sp³-hybridized carbons (Fsp3) is 0.219. The van der Waals surface area contributed by atoms with Crippen molar-refractivity contribution >= 4 is 34.1 Å². The molecule has 0 radical (unpaired) electrons. The SMILES string of the molecule is Cc1ccc(-n2c(Cc3cccc4ccccc34)nnc2SCC(=O)N2c3ccccc3C[C@H]2C)c(C)c1. The van der Waals surface area contributed by atoms with Gasteiger partial charge in [0.2, 0.25) is 5.91 Å². The maximum absolute atomic E-state index is 13.4. The second-order valence-corrected chi connectivity index (χ2v) is 11.0. The fourth-order valence-corrected chi connectivity index (χ4v) is 6.39. The highest BCUT2D eigenvalue weighted by Crippen LogP contribution is 2.33. The second kappa shape index (κ2) is 10.1. The lowest BCUT2D eigenvalue weighted by atomic mass is 10.0. The molecule has 4 aromatic carbocycles. The Bertz CT molecular complexity index is 1650. The summed E-state index contributed by atoms with van der Waals surface area (Å²) < 4.78 is 2.13.